The van der Waals surface area contributed by atoms with E-state index in [1.54, 1.807) is 0 Å². The van der Waals surface area contributed by atoms with Crippen LogP contribution in [0.15, 0.2) is 158 Å². The number of hydrogen-bond donors (Lipinski definition) is 0. The Kier molecular flexibility index (Phi) is 4.52. The summed E-state index contributed by atoms with van der Waals surface area (Å²) in [6.07, 6.45) is 0. The van der Waals surface area contributed by atoms with Gasteiger partial charge in [0.25, 0.3) is 0 Å². The maximum atomic E-state index is 6.57. The van der Waals surface area contributed by atoms with E-state index in [0.717, 1.165) is 17.2 Å². The summed E-state index contributed by atoms with van der Waals surface area (Å²) in [5, 5.41) is 5.17. The lowest BCUT2D eigenvalue weighted by Gasteiger charge is -2.48. The third-order valence-corrected chi connectivity index (χ3v) is 10.4. The summed E-state index contributed by atoms with van der Waals surface area (Å²) in [5.41, 5.74) is 11.5. The molecule has 214 valence electrons. The van der Waals surface area contributed by atoms with Gasteiger partial charge >= 0.3 is 0 Å². The summed E-state index contributed by atoms with van der Waals surface area (Å²) in [5.74, 6) is 1.80. The van der Waals surface area contributed by atoms with Gasteiger partial charge in [-0.25, -0.2) is 0 Å². The van der Waals surface area contributed by atoms with Gasteiger partial charge < -0.3 is 14.0 Å². The molecule has 0 bridgehead atoms. The number of fused-ring (bicyclic) bond motifs is 14. The molecule has 2 aliphatic rings. The van der Waals surface area contributed by atoms with Crippen LogP contribution in [0.3, 0.4) is 0 Å². The second-order valence-corrected chi connectivity index (χ2v) is 12.5. The highest BCUT2D eigenvalue weighted by atomic mass is 16.5. The van der Waals surface area contributed by atoms with E-state index in [1.807, 2.05) is 0 Å². The summed E-state index contributed by atoms with van der Waals surface area (Å²) >= 11 is 0. The van der Waals surface area contributed by atoms with Crippen molar-refractivity contribution in [3.63, 3.8) is 0 Å². The van der Waals surface area contributed by atoms with Crippen molar-refractivity contribution < 1.29 is 4.74 Å². The maximum Gasteiger partial charge on any atom is 0.132 e. The molecule has 3 heteroatoms. The highest BCUT2D eigenvalue weighted by Crippen LogP contribution is 2.62. The minimum atomic E-state index is -0.537. The van der Waals surface area contributed by atoms with Crippen molar-refractivity contribution in [2.45, 2.75) is 5.41 Å². The van der Waals surface area contributed by atoms with Crippen molar-refractivity contribution in [3.05, 3.63) is 180 Å². The molecule has 2 aliphatic heterocycles. The number of benzene rings is 7. The lowest BCUT2D eigenvalue weighted by atomic mass is 9.61. The van der Waals surface area contributed by atoms with E-state index in [0.29, 0.717) is 0 Å². The summed E-state index contributed by atoms with van der Waals surface area (Å²) in [6.45, 7) is 0. The molecule has 1 spiro atoms. The van der Waals surface area contributed by atoms with Crippen molar-refractivity contribution in [2.24, 2.45) is 0 Å². The molecule has 4 heterocycles. The molecule has 0 saturated carbocycles. The summed E-state index contributed by atoms with van der Waals surface area (Å²) < 4.78 is 9.03. The van der Waals surface area contributed by atoms with Crippen LogP contribution >= 0.6 is 0 Å². The quantitative estimate of drug-likeness (QED) is 0.190. The number of rotatable bonds is 1. The highest BCUT2D eigenvalue weighted by molar-refractivity contribution is 6.23. The lowest BCUT2D eigenvalue weighted by Crippen LogP contribution is -2.39. The highest BCUT2D eigenvalue weighted by Gasteiger charge is 2.50. The molecular formula is C43H26N2O. The van der Waals surface area contributed by atoms with E-state index in [1.165, 1.54) is 71.7 Å². The van der Waals surface area contributed by atoms with E-state index < -0.39 is 5.41 Å². The molecule has 0 atom stereocenters. The van der Waals surface area contributed by atoms with Crippen LogP contribution in [0.4, 0.5) is 17.1 Å². The third kappa shape index (κ3) is 2.80. The number of para-hydroxylation sites is 6. The minimum absolute atomic E-state index is 0.537. The van der Waals surface area contributed by atoms with Crippen molar-refractivity contribution in [3.8, 4) is 11.5 Å². The van der Waals surface area contributed by atoms with Gasteiger partial charge in [-0.05, 0) is 53.6 Å². The Morgan fingerprint density at radius 2 is 0.935 bits per heavy atom. The van der Waals surface area contributed by atoms with Gasteiger partial charge in [-0.2, -0.15) is 0 Å². The fraction of sp³-hybridized carbons (Fsp3) is 0.0233. The SMILES string of the molecule is c1ccc2c(c1)Oc1ccccc1C21c2ccccc2N(c2ccc3c4cccc5c6ccccc6n(c3c2)c54)c2ccccc21. The maximum absolute atomic E-state index is 6.57. The number of ether oxygens (including phenoxy) is 1. The van der Waals surface area contributed by atoms with Crippen LogP contribution in [0, 0.1) is 0 Å². The predicted octanol–water partition coefficient (Wildman–Crippen LogP) is 11.1. The first-order valence-electron chi connectivity index (χ1n) is 15.9. The lowest BCUT2D eigenvalue weighted by molar-refractivity contribution is 0.434. The van der Waals surface area contributed by atoms with Crippen molar-refractivity contribution >= 4 is 55.2 Å². The van der Waals surface area contributed by atoms with Gasteiger partial charge in [-0.3, -0.25) is 0 Å². The fourth-order valence-corrected chi connectivity index (χ4v) is 8.66. The molecule has 7 aromatic carbocycles. The second-order valence-electron chi connectivity index (χ2n) is 12.5. The van der Waals surface area contributed by atoms with Gasteiger partial charge in [0, 0.05) is 38.4 Å². The molecule has 11 rings (SSSR count). The minimum Gasteiger partial charge on any atom is -0.457 e. The Bertz CT molecular complexity index is 2600. The van der Waals surface area contributed by atoms with Crippen LogP contribution in [0.5, 0.6) is 11.5 Å². The molecule has 0 unspecified atom stereocenters. The molecular weight excluding hydrogens is 560 g/mol. The van der Waals surface area contributed by atoms with Gasteiger partial charge in [-0.1, -0.05) is 115 Å². The van der Waals surface area contributed by atoms with Crippen molar-refractivity contribution in [2.75, 3.05) is 4.90 Å². The van der Waals surface area contributed by atoms with Gasteiger partial charge in [0.05, 0.1) is 33.3 Å². The first kappa shape index (κ1) is 24.3. The Hall–Kier alpha value is -6.06. The average molecular weight is 587 g/mol. The van der Waals surface area contributed by atoms with E-state index in [2.05, 4.69) is 167 Å². The van der Waals surface area contributed by atoms with Crippen LogP contribution in [0.25, 0.3) is 38.1 Å². The molecule has 3 nitrogen and oxygen atoms in total. The summed E-state index contributed by atoms with van der Waals surface area (Å²) in [4.78, 5) is 2.46. The Labute approximate surface area is 265 Å². The van der Waals surface area contributed by atoms with E-state index in [4.69, 9.17) is 4.74 Å². The molecule has 0 aliphatic carbocycles. The van der Waals surface area contributed by atoms with Crippen LogP contribution in [-0.4, -0.2) is 4.40 Å². The topological polar surface area (TPSA) is 16.9 Å². The molecule has 0 saturated heterocycles. The zero-order valence-corrected chi connectivity index (χ0v) is 24.8. The van der Waals surface area contributed by atoms with Crippen LogP contribution in [0.1, 0.15) is 22.3 Å². The summed E-state index contributed by atoms with van der Waals surface area (Å²) in [6, 6.07) is 57.4. The number of anilines is 3. The first-order valence-corrected chi connectivity index (χ1v) is 15.9. The second kappa shape index (κ2) is 8.56. The number of nitrogens with zero attached hydrogens (tertiary/aromatic N) is 2. The largest absolute Gasteiger partial charge is 0.457 e. The smallest absolute Gasteiger partial charge is 0.132 e. The van der Waals surface area contributed by atoms with Gasteiger partial charge in [0.15, 0.2) is 0 Å². The standard InChI is InChI=1S/C43H26N2O/c1-6-19-36-28(12-1)30-13-11-14-31-29-25-24-27(26-39(29)45(36)42(30)31)44-37-20-7-2-15-32(37)43(33-16-3-8-21-38(33)44)34-17-4-9-22-40(34)46-41-23-10-5-18-35(41)43/h1-26H. The van der Waals surface area contributed by atoms with E-state index in [9.17, 15) is 0 Å². The average Bonchev–Trinajstić information content (AvgIpc) is 3.64. The molecule has 0 fully saturated rings. The van der Waals surface area contributed by atoms with Crippen LogP contribution in [0.2, 0.25) is 0 Å². The predicted molar refractivity (Wildman–Crippen MR) is 188 cm³/mol. The van der Waals surface area contributed by atoms with Crippen molar-refractivity contribution in [1.82, 2.24) is 4.40 Å². The molecule has 2 aromatic heterocycles. The van der Waals surface area contributed by atoms with Crippen LogP contribution < -0.4 is 9.64 Å². The first-order chi connectivity index (χ1) is 22.8. The molecule has 0 amide bonds. The zero-order chi connectivity index (χ0) is 30.0. The molecule has 0 radical (unpaired) electrons. The molecule has 9 aromatic rings. The fourth-order valence-electron chi connectivity index (χ4n) is 8.66. The van der Waals surface area contributed by atoms with Gasteiger partial charge in [0.1, 0.15) is 11.5 Å². The Balaban J connectivity index is 1.25. The normalized spacial score (nSPS) is 14.4. The van der Waals surface area contributed by atoms with Gasteiger partial charge in [0.2, 0.25) is 0 Å². The summed E-state index contributed by atoms with van der Waals surface area (Å²) in [7, 11) is 0. The Morgan fingerprint density at radius 1 is 0.413 bits per heavy atom. The number of hydrogen-bond acceptors (Lipinski definition) is 2. The van der Waals surface area contributed by atoms with Gasteiger partial charge in [-0.15, -0.1) is 0 Å². The third-order valence-electron chi connectivity index (χ3n) is 10.4. The van der Waals surface area contributed by atoms with E-state index in [-0.39, 0.29) is 0 Å². The monoisotopic (exact) mass is 586 g/mol. The van der Waals surface area contributed by atoms with Crippen LogP contribution in [-0.2, 0) is 5.41 Å². The number of aromatic nitrogens is 1. The Morgan fingerprint density at radius 3 is 1.61 bits per heavy atom. The van der Waals surface area contributed by atoms with E-state index >= 15 is 0 Å². The molecule has 0 N–H and O–H groups in total. The molecule has 46 heavy (non-hydrogen) atoms. The van der Waals surface area contributed by atoms with Crippen molar-refractivity contribution in [1.29, 1.82) is 0 Å². The zero-order valence-electron chi connectivity index (χ0n) is 24.8.